The van der Waals surface area contributed by atoms with Crippen LogP contribution in [0.2, 0.25) is 0 Å². The molecule has 0 heterocycles. The average Bonchev–Trinajstić information content (AvgIpc) is 2.52. The molecular weight excluding hydrogens is 266 g/mol. The molecule has 0 aromatic heterocycles. The number of hydrogen-bond acceptors (Lipinski definition) is 4. The van der Waals surface area contributed by atoms with E-state index in [9.17, 15) is 0 Å². The van der Waals surface area contributed by atoms with Gasteiger partial charge < -0.3 is 19.5 Å². The molecule has 1 aliphatic rings. The number of anilines is 1. The Hall–Kier alpha value is -1.42. The van der Waals surface area contributed by atoms with Crippen LogP contribution >= 0.6 is 0 Å². The minimum atomic E-state index is 0.157. The molecule has 0 saturated heterocycles. The van der Waals surface area contributed by atoms with Crippen molar-refractivity contribution in [2.75, 3.05) is 26.1 Å². The second-order valence-corrected chi connectivity index (χ2v) is 5.80. The van der Waals surface area contributed by atoms with Gasteiger partial charge >= 0.3 is 0 Å². The summed E-state index contributed by atoms with van der Waals surface area (Å²) < 4.78 is 16.6. The van der Waals surface area contributed by atoms with E-state index in [1.54, 1.807) is 14.2 Å². The molecule has 1 N–H and O–H groups in total. The quantitative estimate of drug-likeness (QED) is 0.832. The van der Waals surface area contributed by atoms with E-state index < -0.39 is 0 Å². The number of rotatable bonds is 7. The topological polar surface area (TPSA) is 39.7 Å². The molecule has 0 radical (unpaired) electrons. The maximum absolute atomic E-state index is 5.86. The molecule has 2 rings (SSSR count). The predicted octanol–water partition coefficient (Wildman–Crippen LogP) is 3.71. The summed E-state index contributed by atoms with van der Waals surface area (Å²) in [5, 5.41) is 3.62. The Labute approximate surface area is 127 Å². The lowest BCUT2D eigenvalue weighted by Gasteiger charge is -2.54. The SMILES string of the molecule is CCOC1CC(Nc2cc(OC)ccc2OC)C1(C)CC. The van der Waals surface area contributed by atoms with Crippen molar-refractivity contribution in [3.8, 4) is 11.5 Å². The number of ether oxygens (including phenoxy) is 3. The summed E-state index contributed by atoms with van der Waals surface area (Å²) in [4.78, 5) is 0. The predicted molar refractivity (Wildman–Crippen MR) is 85.4 cm³/mol. The molecule has 3 unspecified atom stereocenters. The zero-order chi connectivity index (χ0) is 15.5. The smallest absolute Gasteiger partial charge is 0.142 e. The van der Waals surface area contributed by atoms with Gasteiger partial charge in [0.1, 0.15) is 11.5 Å². The maximum Gasteiger partial charge on any atom is 0.142 e. The van der Waals surface area contributed by atoms with Crippen molar-refractivity contribution >= 4 is 5.69 Å². The Morgan fingerprint density at radius 2 is 2.00 bits per heavy atom. The van der Waals surface area contributed by atoms with Gasteiger partial charge in [-0.25, -0.2) is 0 Å². The highest BCUT2D eigenvalue weighted by Crippen LogP contribution is 2.48. The highest BCUT2D eigenvalue weighted by atomic mass is 16.5. The Morgan fingerprint density at radius 1 is 1.24 bits per heavy atom. The monoisotopic (exact) mass is 293 g/mol. The molecule has 21 heavy (non-hydrogen) atoms. The molecule has 0 aliphatic heterocycles. The van der Waals surface area contributed by atoms with Crippen LogP contribution in [0, 0.1) is 5.41 Å². The van der Waals surface area contributed by atoms with E-state index in [-0.39, 0.29) is 5.41 Å². The summed E-state index contributed by atoms with van der Waals surface area (Å²) in [6.45, 7) is 7.35. The lowest BCUT2D eigenvalue weighted by molar-refractivity contribution is -0.109. The molecule has 4 nitrogen and oxygen atoms in total. The molecule has 3 atom stereocenters. The third-order valence-electron chi connectivity index (χ3n) is 4.85. The first-order chi connectivity index (χ1) is 10.1. The molecule has 4 heteroatoms. The summed E-state index contributed by atoms with van der Waals surface area (Å²) in [6, 6.07) is 6.22. The summed E-state index contributed by atoms with van der Waals surface area (Å²) >= 11 is 0. The standard InChI is InChI=1S/C17H27NO3/c1-6-17(3)15(11-16(17)21-7-2)18-13-10-12(19-4)8-9-14(13)20-5/h8-10,15-16,18H,6-7,11H2,1-5H3. The van der Waals surface area contributed by atoms with Crippen molar-refractivity contribution < 1.29 is 14.2 Å². The van der Waals surface area contributed by atoms with Crippen LogP contribution in [0.4, 0.5) is 5.69 Å². The molecule has 0 bridgehead atoms. The highest BCUT2D eigenvalue weighted by Gasteiger charge is 2.51. The fraction of sp³-hybridized carbons (Fsp3) is 0.647. The lowest BCUT2D eigenvalue weighted by Crippen LogP contribution is -2.59. The van der Waals surface area contributed by atoms with Crippen LogP contribution in [0.5, 0.6) is 11.5 Å². The second kappa shape index (κ2) is 6.56. The van der Waals surface area contributed by atoms with Gasteiger partial charge in [0.2, 0.25) is 0 Å². The maximum atomic E-state index is 5.86. The van der Waals surface area contributed by atoms with Crippen LogP contribution < -0.4 is 14.8 Å². The Morgan fingerprint density at radius 3 is 2.57 bits per heavy atom. The van der Waals surface area contributed by atoms with E-state index >= 15 is 0 Å². The molecule has 118 valence electrons. The van der Waals surface area contributed by atoms with E-state index in [0.29, 0.717) is 12.1 Å². The highest BCUT2D eigenvalue weighted by molar-refractivity contribution is 5.60. The van der Waals surface area contributed by atoms with Gasteiger partial charge in [-0.2, -0.15) is 0 Å². The van der Waals surface area contributed by atoms with Crippen LogP contribution in [0.3, 0.4) is 0 Å². The van der Waals surface area contributed by atoms with E-state index in [1.165, 1.54) is 0 Å². The Balaban J connectivity index is 2.15. The number of methoxy groups -OCH3 is 2. The van der Waals surface area contributed by atoms with Gasteiger partial charge in [-0.3, -0.25) is 0 Å². The molecule has 1 aliphatic carbocycles. The summed E-state index contributed by atoms with van der Waals surface area (Å²) in [7, 11) is 3.37. The Bertz CT molecular complexity index is 477. The molecule has 1 saturated carbocycles. The van der Waals surface area contributed by atoms with E-state index in [1.807, 2.05) is 18.2 Å². The lowest BCUT2D eigenvalue weighted by atomic mass is 9.61. The van der Waals surface area contributed by atoms with E-state index in [2.05, 4.69) is 26.1 Å². The average molecular weight is 293 g/mol. The third-order valence-corrected chi connectivity index (χ3v) is 4.85. The first-order valence-corrected chi connectivity index (χ1v) is 7.69. The zero-order valence-electron chi connectivity index (χ0n) is 13.7. The summed E-state index contributed by atoms with van der Waals surface area (Å²) in [6.07, 6.45) is 2.45. The van der Waals surface area contributed by atoms with Crippen LogP contribution in [0.1, 0.15) is 33.6 Å². The van der Waals surface area contributed by atoms with Gasteiger partial charge in [0, 0.05) is 24.1 Å². The van der Waals surface area contributed by atoms with Gasteiger partial charge in [0.15, 0.2) is 0 Å². The molecule has 1 aromatic rings. The number of nitrogens with one attached hydrogen (secondary N) is 1. The Kier molecular flexibility index (Phi) is 4.99. The molecule has 0 spiro atoms. The number of hydrogen-bond donors (Lipinski definition) is 1. The molecule has 0 amide bonds. The first kappa shape index (κ1) is 16.0. The van der Waals surface area contributed by atoms with Gasteiger partial charge in [-0.05, 0) is 31.9 Å². The van der Waals surface area contributed by atoms with Gasteiger partial charge in [0.05, 0.1) is 26.0 Å². The minimum absolute atomic E-state index is 0.157. The third kappa shape index (κ3) is 2.95. The summed E-state index contributed by atoms with van der Waals surface area (Å²) in [5.74, 6) is 1.67. The van der Waals surface area contributed by atoms with Crippen molar-refractivity contribution in [3.05, 3.63) is 18.2 Å². The first-order valence-electron chi connectivity index (χ1n) is 7.69. The fourth-order valence-electron chi connectivity index (χ4n) is 3.09. The second-order valence-electron chi connectivity index (χ2n) is 5.80. The minimum Gasteiger partial charge on any atom is -0.497 e. The van der Waals surface area contributed by atoms with E-state index in [0.717, 1.165) is 36.6 Å². The van der Waals surface area contributed by atoms with Crippen LogP contribution in [-0.2, 0) is 4.74 Å². The van der Waals surface area contributed by atoms with Crippen molar-refractivity contribution in [3.63, 3.8) is 0 Å². The zero-order valence-corrected chi connectivity index (χ0v) is 13.7. The largest absolute Gasteiger partial charge is 0.497 e. The van der Waals surface area contributed by atoms with Crippen molar-refractivity contribution in [2.24, 2.45) is 5.41 Å². The summed E-state index contributed by atoms with van der Waals surface area (Å²) in [5.41, 5.74) is 1.14. The molecule has 1 aromatic carbocycles. The molecule has 1 fully saturated rings. The van der Waals surface area contributed by atoms with Gasteiger partial charge in [-0.15, -0.1) is 0 Å². The van der Waals surface area contributed by atoms with Crippen LogP contribution in [-0.4, -0.2) is 33.0 Å². The molecular formula is C17H27NO3. The van der Waals surface area contributed by atoms with Crippen LogP contribution in [0.25, 0.3) is 0 Å². The van der Waals surface area contributed by atoms with Crippen LogP contribution in [0.15, 0.2) is 18.2 Å². The van der Waals surface area contributed by atoms with E-state index in [4.69, 9.17) is 14.2 Å². The van der Waals surface area contributed by atoms with Gasteiger partial charge in [0.25, 0.3) is 0 Å². The van der Waals surface area contributed by atoms with Crippen molar-refractivity contribution in [1.29, 1.82) is 0 Å². The number of benzene rings is 1. The van der Waals surface area contributed by atoms with Crippen molar-refractivity contribution in [2.45, 2.75) is 45.8 Å². The van der Waals surface area contributed by atoms with Crippen molar-refractivity contribution in [1.82, 2.24) is 0 Å². The van der Waals surface area contributed by atoms with Gasteiger partial charge in [-0.1, -0.05) is 13.8 Å². The normalized spacial score (nSPS) is 27.9. The fourth-order valence-corrected chi connectivity index (χ4v) is 3.09.